The number of nitrogens with zero attached hydrogens (tertiary/aromatic N) is 1. The van der Waals surface area contributed by atoms with Crippen LogP contribution in [0.4, 0.5) is 0 Å². The zero-order valence-corrected chi connectivity index (χ0v) is 16.6. The van der Waals surface area contributed by atoms with Gasteiger partial charge in [-0.15, -0.1) is 0 Å². The van der Waals surface area contributed by atoms with Crippen LogP contribution < -0.4 is 5.32 Å². The van der Waals surface area contributed by atoms with E-state index in [1.807, 2.05) is 25.1 Å². The van der Waals surface area contributed by atoms with E-state index in [-0.39, 0.29) is 11.8 Å². The minimum atomic E-state index is -0.180. The maximum atomic E-state index is 12.7. The number of aromatic nitrogens is 1. The van der Waals surface area contributed by atoms with Crippen molar-refractivity contribution in [2.75, 3.05) is 19.6 Å². The molecule has 0 spiro atoms. The van der Waals surface area contributed by atoms with Crippen molar-refractivity contribution in [2.45, 2.75) is 38.6 Å². The second-order valence-electron chi connectivity index (χ2n) is 7.51. The summed E-state index contributed by atoms with van der Waals surface area (Å²) in [7, 11) is 0. The standard InChI is InChI=1S/C22H26ClN3O/c1-3-26-10-4-5-17(26)13-24-22(27)14(2)15-6-8-18-19-12-16(23)7-9-20(19)25-21(18)11-15/h6-9,11-12,14,17,25H,3-5,10,13H2,1-2H3,(H,24,27)/t14-,17-/m1/s1. The highest BCUT2D eigenvalue weighted by atomic mass is 35.5. The van der Waals surface area contributed by atoms with Gasteiger partial charge in [0.1, 0.15) is 0 Å². The number of likely N-dealkylation sites (tertiary alicyclic amines) is 1. The van der Waals surface area contributed by atoms with Gasteiger partial charge in [-0.2, -0.15) is 0 Å². The number of aromatic amines is 1. The first-order valence-electron chi connectivity index (χ1n) is 9.79. The fourth-order valence-corrected chi connectivity index (χ4v) is 4.40. The van der Waals surface area contributed by atoms with E-state index in [9.17, 15) is 4.79 Å². The van der Waals surface area contributed by atoms with Gasteiger partial charge in [0, 0.05) is 39.4 Å². The van der Waals surface area contributed by atoms with E-state index in [0.717, 1.165) is 52.0 Å². The normalized spacial score (nSPS) is 19.0. The quantitative estimate of drug-likeness (QED) is 0.672. The predicted molar refractivity (Wildman–Crippen MR) is 113 cm³/mol. The Kier molecular flexibility index (Phi) is 5.11. The van der Waals surface area contributed by atoms with Gasteiger partial charge in [-0.3, -0.25) is 9.69 Å². The Balaban J connectivity index is 1.50. The minimum Gasteiger partial charge on any atom is -0.355 e. The number of likely N-dealkylation sites (N-methyl/N-ethyl adjacent to an activating group) is 1. The highest BCUT2D eigenvalue weighted by Crippen LogP contribution is 2.30. The Morgan fingerprint density at radius 2 is 2.11 bits per heavy atom. The number of rotatable bonds is 5. The molecule has 27 heavy (non-hydrogen) atoms. The summed E-state index contributed by atoms with van der Waals surface area (Å²) in [6, 6.07) is 12.6. The zero-order valence-electron chi connectivity index (χ0n) is 15.9. The van der Waals surface area contributed by atoms with E-state index in [1.165, 1.54) is 12.8 Å². The van der Waals surface area contributed by atoms with Crippen molar-refractivity contribution in [3.63, 3.8) is 0 Å². The maximum Gasteiger partial charge on any atom is 0.227 e. The second-order valence-corrected chi connectivity index (χ2v) is 7.95. The highest BCUT2D eigenvalue weighted by Gasteiger charge is 2.24. The fraction of sp³-hybridized carbons (Fsp3) is 0.409. The summed E-state index contributed by atoms with van der Waals surface area (Å²) in [5.74, 6) is -0.0858. The molecule has 1 amide bonds. The molecule has 4 rings (SSSR count). The van der Waals surface area contributed by atoms with Crippen LogP contribution in [0.1, 0.15) is 38.2 Å². The molecule has 0 saturated carbocycles. The van der Waals surface area contributed by atoms with Gasteiger partial charge in [-0.05, 0) is 62.7 Å². The molecule has 2 aromatic carbocycles. The Morgan fingerprint density at radius 1 is 1.26 bits per heavy atom. The first-order valence-corrected chi connectivity index (χ1v) is 10.2. The largest absolute Gasteiger partial charge is 0.355 e. The topological polar surface area (TPSA) is 48.1 Å². The van der Waals surface area contributed by atoms with Gasteiger partial charge in [-0.1, -0.05) is 30.7 Å². The van der Waals surface area contributed by atoms with Crippen LogP contribution in [0.15, 0.2) is 36.4 Å². The summed E-state index contributed by atoms with van der Waals surface area (Å²) in [4.78, 5) is 18.6. The summed E-state index contributed by atoms with van der Waals surface area (Å²) >= 11 is 6.14. The molecule has 3 aromatic rings. The molecule has 4 nitrogen and oxygen atoms in total. The molecular formula is C22H26ClN3O. The molecule has 2 heterocycles. The summed E-state index contributed by atoms with van der Waals surface area (Å²) < 4.78 is 0. The maximum absolute atomic E-state index is 12.7. The number of H-pyrrole nitrogens is 1. The monoisotopic (exact) mass is 383 g/mol. The van der Waals surface area contributed by atoms with Gasteiger partial charge in [0.2, 0.25) is 5.91 Å². The lowest BCUT2D eigenvalue weighted by Crippen LogP contribution is -2.41. The number of benzene rings is 2. The SMILES string of the molecule is CCN1CCC[C@@H]1CNC(=O)[C@H](C)c1ccc2c(c1)[nH]c1ccc(Cl)cc12. The third-order valence-corrected chi connectivity index (χ3v) is 6.13. The van der Waals surface area contributed by atoms with Crippen LogP contribution in [0, 0.1) is 0 Å². The molecule has 2 N–H and O–H groups in total. The third kappa shape index (κ3) is 3.56. The van der Waals surface area contributed by atoms with Gasteiger partial charge in [0.25, 0.3) is 0 Å². The van der Waals surface area contributed by atoms with E-state index in [0.29, 0.717) is 6.04 Å². The second kappa shape index (κ2) is 7.53. The van der Waals surface area contributed by atoms with Crippen molar-refractivity contribution in [3.8, 4) is 0 Å². The fourth-order valence-electron chi connectivity index (χ4n) is 4.23. The molecule has 142 valence electrons. The lowest BCUT2D eigenvalue weighted by molar-refractivity contribution is -0.122. The number of hydrogen-bond acceptors (Lipinski definition) is 2. The number of nitrogens with one attached hydrogen (secondary N) is 2. The Bertz CT molecular complexity index is 980. The molecule has 2 atom stereocenters. The van der Waals surface area contributed by atoms with Crippen LogP contribution in [-0.4, -0.2) is 41.5 Å². The molecule has 0 radical (unpaired) electrons. The average Bonchev–Trinajstić information content (AvgIpc) is 3.28. The molecule has 1 aliphatic rings. The number of carbonyl (C=O) groups excluding carboxylic acids is 1. The predicted octanol–water partition coefficient (Wildman–Crippen LogP) is 4.68. The van der Waals surface area contributed by atoms with Crippen LogP contribution in [0.2, 0.25) is 5.02 Å². The van der Waals surface area contributed by atoms with Crippen molar-refractivity contribution in [1.29, 1.82) is 0 Å². The summed E-state index contributed by atoms with van der Waals surface area (Å²) in [6.07, 6.45) is 2.40. The molecule has 1 aliphatic heterocycles. The number of amides is 1. The zero-order chi connectivity index (χ0) is 19.0. The third-order valence-electron chi connectivity index (χ3n) is 5.90. The van der Waals surface area contributed by atoms with Gasteiger partial charge >= 0.3 is 0 Å². The van der Waals surface area contributed by atoms with E-state index >= 15 is 0 Å². The van der Waals surface area contributed by atoms with Gasteiger partial charge in [-0.25, -0.2) is 0 Å². The van der Waals surface area contributed by atoms with Crippen LogP contribution in [0.5, 0.6) is 0 Å². The van der Waals surface area contributed by atoms with E-state index < -0.39 is 0 Å². The van der Waals surface area contributed by atoms with Gasteiger partial charge in [0.15, 0.2) is 0 Å². The van der Waals surface area contributed by atoms with Crippen LogP contribution >= 0.6 is 11.6 Å². The molecule has 5 heteroatoms. The van der Waals surface area contributed by atoms with Gasteiger partial charge in [0.05, 0.1) is 5.92 Å². The summed E-state index contributed by atoms with van der Waals surface area (Å²) in [5, 5.41) is 6.14. The van der Waals surface area contributed by atoms with Crippen molar-refractivity contribution in [1.82, 2.24) is 15.2 Å². The van der Waals surface area contributed by atoms with Crippen molar-refractivity contribution in [3.05, 3.63) is 47.0 Å². The highest BCUT2D eigenvalue weighted by molar-refractivity contribution is 6.31. The summed E-state index contributed by atoms with van der Waals surface area (Å²) in [5.41, 5.74) is 3.12. The average molecular weight is 384 g/mol. The molecule has 0 unspecified atom stereocenters. The number of halogens is 1. The van der Waals surface area contributed by atoms with E-state index in [4.69, 9.17) is 11.6 Å². The van der Waals surface area contributed by atoms with Crippen LogP contribution in [-0.2, 0) is 4.79 Å². The Labute approximate surface area is 164 Å². The minimum absolute atomic E-state index is 0.0939. The van der Waals surface area contributed by atoms with E-state index in [2.05, 4.69) is 40.3 Å². The first kappa shape index (κ1) is 18.3. The van der Waals surface area contributed by atoms with Crippen LogP contribution in [0.25, 0.3) is 21.8 Å². The molecule has 1 aromatic heterocycles. The number of fused-ring (bicyclic) bond motifs is 3. The first-order chi connectivity index (χ1) is 13.1. The number of hydrogen-bond donors (Lipinski definition) is 2. The van der Waals surface area contributed by atoms with Crippen molar-refractivity contribution >= 4 is 39.3 Å². The molecule has 1 saturated heterocycles. The Hall–Kier alpha value is -2.04. The lowest BCUT2D eigenvalue weighted by atomic mass is 9.98. The van der Waals surface area contributed by atoms with Crippen molar-refractivity contribution < 1.29 is 4.79 Å². The smallest absolute Gasteiger partial charge is 0.227 e. The van der Waals surface area contributed by atoms with Crippen LogP contribution in [0.3, 0.4) is 0 Å². The molecular weight excluding hydrogens is 358 g/mol. The van der Waals surface area contributed by atoms with Gasteiger partial charge < -0.3 is 10.3 Å². The van der Waals surface area contributed by atoms with Crippen molar-refractivity contribution in [2.24, 2.45) is 0 Å². The summed E-state index contributed by atoms with van der Waals surface area (Å²) in [6.45, 7) is 7.10. The molecule has 0 aliphatic carbocycles. The molecule has 1 fully saturated rings. The number of carbonyl (C=O) groups is 1. The van der Waals surface area contributed by atoms with E-state index in [1.54, 1.807) is 0 Å². The molecule has 0 bridgehead atoms. The lowest BCUT2D eigenvalue weighted by Gasteiger charge is -2.23. The Morgan fingerprint density at radius 3 is 2.93 bits per heavy atom.